The molecule has 0 saturated heterocycles. The van der Waals surface area contributed by atoms with Crippen molar-refractivity contribution in [2.75, 3.05) is 14.2 Å². The smallest absolute Gasteiger partial charge is 0.337 e. The topological polar surface area (TPSA) is 73.9 Å². The average Bonchev–Trinajstić information content (AvgIpc) is 2.87. The molecule has 1 aliphatic carbocycles. The number of nitrogens with one attached hydrogen (secondary N) is 1. The van der Waals surface area contributed by atoms with E-state index in [2.05, 4.69) is 5.32 Å². The lowest BCUT2D eigenvalue weighted by Gasteiger charge is -2.37. The predicted octanol–water partition coefficient (Wildman–Crippen LogP) is 6.06. The molecule has 1 heterocycles. The highest BCUT2D eigenvalue weighted by molar-refractivity contribution is 6.30. The number of rotatable bonds is 7. The maximum Gasteiger partial charge on any atom is 0.337 e. The Hall–Kier alpha value is -3.25. The SMILES string of the molecule is CC[C@@H](C)OC(=O)C1=C(C)NC2=C(C(=O)C[C@H](c3ccc(OC)c(OC)c3)C2)[C@@H]1c1ccc(Cl)cc1. The first-order chi connectivity index (χ1) is 17.3. The molecule has 3 atom stereocenters. The standard InChI is InChI=1S/C29H32ClNO5/c1-6-16(2)36-29(33)26-17(3)31-22-13-20(19-9-12-24(34-4)25(15-19)35-5)14-23(32)28(22)27(26)18-7-10-21(30)11-8-18/h7-12,15-16,20,27,31H,6,13-14H2,1-5H3/t16-,20-,27-/m1/s1. The lowest BCUT2D eigenvalue weighted by molar-refractivity contribution is -0.144. The largest absolute Gasteiger partial charge is 0.493 e. The van der Waals surface area contributed by atoms with Crippen LogP contribution in [0.1, 0.15) is 63.0 Å². The number of ether oxygens (including phenoxy) is 3. The van der Waals surface area contributed by atoms with Gasteiger partial charge in [0.15, 0.2) is 17.3 Å². The molecule has 7 heteroatoms. The molecule has 0 spiro atoms. The Labute approximate surface area is 217 Å². The summed E-state index contributed by atoms with van der Waals surface area (Å²) >= 11 is 6.15. The second-order valence-corrected chi connectivity index (χ2v) is 9.74. The molecule has 190 valence electrons. The van der Waals surface area contributed by atoms with Gasteiger partial charge in [-0.1, -0.05) is 36.7 Å². The van der Waals surface area contributed by atoms with Crippen molar-refractivity contribution in [1.82, 2.24) is 5.32 Å². The van der Waals surface area contributed by atoms with Crippen LogP contribution in [0.4, 0.5) is 0 Å². The highest BCUT2D eigenvalue weighted by Crippen LogP contribution is 2.46. The van der Waals surface area contributed by atoms with Crippen molar-refractivity contribution in [3.8, 4) is 11.5 Å². The zero-order chi connectivity index (χ0) is 26.0. The zero-order valence-electron chi connectivity index (χ0n) is 21.3. The molecule has 1 N–H and O–H groups in total. The first-order valence-electron chi connectivity index (χ1n) is 12.2. The molecule has 4 rings (SSSR count). The summed E-state index contributed by atoms with van der Waals surface area (Å²) in [7, 11) is 3.20. The molecule has 2 aromatic rings. The number of ketones is 1. The van der Waals surface area contributed by atoms with E-state index in [9.17, 15) is 9.59 Å². The summed E-state index contributed by atoms with van der Waals surface area (Å²) in [6.07, 6.45) is 1.44. The molecule has 0 aromatic heterocycles. The van der Waals surface area contributed by atoms with Gasteiger partial charge < -0.3 is 19.5 Å². The van der Waals surface area contributed by atoms with Crippen LogP contribution in [0.15, 0.2) is 65.0 Å². The Bertz CT molecular complexity index is 1230. The van der Waals surface area contributed by atoms with Gasteiger partial charge in [0.1, 0.15) is 0 Å². The number of Topliss-reactive ketones (excluding diaryl/α,β-unsaturated/α-hetero) is 1. The lowest BCUT2D eigenvalue weighted by Crippen LogP contribution is -2.36. The first-order valence-corrected chi connectivity index (χ1v) is 12.6. The van der Waals surface area contributed by atoms with Crippen LogP contribution in [-0.4, -0.2) is 32.1 Å². The van der Waals surface area contributed by atoms with Crippen LogP contribution in [0.25, 0.3) is 0 Å². The summed E-state index contributed by atoms with van der Waals surface area (Å²) in [5.41, 5.74) is 4.46. The van der Waals surface area contributed by atoms with E-state index >= 15 is 0 Å². The molecule has 0 radical (unpaired) electrons. The van der Waals surface area contributed by atoms with Crippen molar-refractivity contribution >= 4 is 23.4 Å². The average molecular weight is 510 g/mol. The van der Waals surface area contributed by atoms with E-state index in [1.165, 1.54) is 0 Å². The van der Waals surface area contributed by atoms with Gasteiger partial charge in [0.05, 0.1) is 25.9 Å². The minimum Gasteiger partial charge on any atom is -0.493 e. The number of methoxy groups -OCH3 is 2. The van der Waals surface area contributed by atoms with Crippen LogP contribution in [0, 0.1) is 0 Å². The van der Waals surface area contributed by atoms with Gasteiger partial charge in [-0.2, -0.15) is 0 Å². The zero-order valence-corrected chi connectivity index (χ0v) is 22.1. The maximum absolute atomic E-state index is 13.7. The molecule has 0 fully saturated rings. The number of esters is 1. The molecule has 0 amide bonds. The summed E-state index contributed by atoms with van der Waals surface area (Å²) in [6, 6.07) is 13.1. The number of hydrogen-bond acceptors (Lipinski definition) is 6. The van der Waals surface area contributed by atoms with E-state index in [0.29, 0.717) is 52.6 Å². The van der Waals surface area contributed by atoms with Crippen molar-refractivity contribution < 1.29 is 23.8 Å². The summed E-state index contributed by atoms with van der Waals surface area (Å²) < 4.78 is 16.6. The molecular weight excluding hydrogens is 478 g/mol. The summed E-state index contributed by atoms with van der Waals surface area (Å²) in [6.45, 7) is 5.70. The third-order valence-electron chi connectivity index (χ3n) is 7.01. The van der Waals surface area contributed by atoms with Crippen molar-refractivity contribution in [2.24, 2.45) is 0 Å². The molecule has 0 unspecified atom stereocenters. The van der Waals surface area contributed by atoms with E-state index in [-0.39, 0.29) is 17.8 Å². The third-order valence-corrected chi connectivity index (χ3v) is 7.26. The molecule has 36 heavy (non-hydrogen) atoms. The monoisotopic (exact) mass is 509 g/mol. The van der Waals surface area contributed by atoms with Crippen LogP contribution >= 0.6 is 11.6 Å². The lowest BCUT2D eigenvalue weighted by atomic mass is 9.71. The third kappa shape index (κ3) is 5.00. The van der Waals surface area contributed by atoms with Crippen LogP contribution in [0.3, 0.4) is 0 Å². The van der Waals surface area contributed by atoms with Crippen LogP contribution in [0.2, 0.25) is 5.02 Å². The second kappa shape index (κ2) is 10.8. The van der Waals surface area contributed by atoms with E-state index in [1.807, 2.05) is 51.1 Å². The van der Waals surface area contributed by atoms with E-state index in [1.54, 1.807) is 26.4 Å². The van der Waals surface area contributed by atoms with Gasteiger partial charge in [0.25, 0.3) is 0 Å². The van der Waals surface area contributed by atoms with Gasteiger partial charge >= 0.3 is 5.97 Å². The van der Waals surface area contributed by atoms with Gasteiger partial charge in [-0.15, -0.1) is 0 Å². The van der Waals surface area contributed by atoms with Gasteiger partial charge in [-0.25, -0.2) is 4.79 Å². The van der Waals surface area contributed by atoms with Crippen LogP contribution in [-0.2, 0) is 14.3 Å². The molecular formula is C29H32ClNO5. The molecule has 2 aromatic carbocycles. The maximum atomic E-state index is 13.7. The van der Waals surface area contributed by atoms with Crippen molar-refractivity contribution in [1.29, 1.82) is 0 Å². The Balaban J connectivity index is 1.76. The molecule has 0 bridgehead atoms. The Morgan fingerprint density at radius 1 is 1.06 bits per heavy atom. The summed E-state index contributed by atoms with van der Waals surface area (Å²) in [5, 5.41) is 3.98. The first kappa shape index (κ1) is 25.8. The number of allylic oxidation sites excluding steroid dienone is 3. The summed E-state index contributed by atoms with van der Waals surface area (Å²) in [5.74, 6) is 0.319. The van der Waals surface area contributed by atoms with E-state index < -0.39 is 11.9 Å². The number of halogens is 1. The number of hydrogen-bond donors (Lipinski definition) is 1. The highest BCUT2D eigenvalue weighted by Gasteiger charge is 2.41. The van der Waals surface area contributed by atoms with E-state index in [4.69, 9.17) is 25.8 Å². The molecule has 0 saturated carbocycles. The normalized spacial score (nSPS) is 20.4. The Morgan fingerprint density at radius 2 is 1.72 bits per heavy atom. The van der Waals surface area contributed by atoms with Crippen LogP contribution < -0.4 is 14.8 Å². The Morgan fingerprint density at radius 3 is 2.36 bits per heavy atom. The van der Waals surface area contributed by atoms with Gasteiger partial charge in [-0.3, -0.25) is 4.79 Å². The number of carbonyl (C=O) groups is 2. The van der Waals surface area contributed by atoms with Crippen molar-refractivity contribution in [3.05, 3.63) is 81.2 Å². The highest BCUT2D eigenvalue weighted by atomic mass is 35.5. The Kier molecular flexibility index (Phi) is 7.74. The fraction of sp³-hybridized carbons (Fsp3) is 0.379. The number of benzene rings is 2. The minimum absolute atomic E-state index is 0.00447. The second-order valence-electron chi connectivity index (χ2n) is 9.31. The van der Waals surface area contributed by atoms with Crippen molar-refractivity contribution in [3.63, 3.8) is 0 Å². The van der Waals surface area contributed by atoms with Crippen LogP contribution in [0.5, 0.6) is 11.5 Å². The fourth-order valence-corrected chi connectivity index (χ4v) is 5.10. The fourth-order valence-electron chi connectivity index (χ4n) is 4.97. The van der Waals surface area contributed by atoms with Gasteiger partial charge in [-0.05, 0) is 68.0 Å². The van der Waals surface area contributed by atoms with Crippen molar-refractivity contribution in [2.45, 2.75) is 58.0 Å². The number of dihydropyridines is 1. The van der Waals surface area contributed by atoms with Gasteiger partial charge in [0, 0.05) is 34.3 Å². The quantitative estimate of drug-likeness (QED) is 0.457. The molecule has 1 aliphatic heterocycles. The van der Waals surface area contributed by atoms with Gasteiger partial charge in [0.2, 0.25) is 0 Å². The molecule has 2 aliphatic rings. The van der Waals surface area contributed by atoms with E-state index in [0.717, 1.165) is 16.8 Å². The summed E-state index contributed by atoms with van der Waals surface area (Å²) in [4.78, 5) is 27.1. The number of carbonyl (C=O) groups excluding carboxylic acids is 2. The minimum atomic E-state index is -0.520. The predicted molar refractivity (Wildman–Crippen MR) is 139 cm³/mol. The molecule has 6 nitrogen and oxygen atoms in total.